The van der Waals surface area contributed by atoms with E-state index in [0.29, 0.717) is 5.56 Å². The lowest BCUT2D eigenvalue weighted by atomic mass is 10.2. The molecule has 108 valence electrons. The SMILES string of the molecule is O=S1(=O)C(COc2cccc(F)c2)=Cc2cccc(F)c21. The Bertz CT molecular complexity index is 842. The Morgan fingerprint density at radius 2 is 1.81 bits per heavy atom. The van der Waals surface area contributed by atoms with Gasteiger partial charge in [-0.2, -0.15) is 0 Å². The first-order valence-corrected chi connectivity index (χ1v) is 7.59. The third-order valence-electron chi connectivity index (χ3n) is 3.11. The van der Waals surface area contributed by atoms with Crippen LogP contribution in [-0.4, -0.2) is 15.0 Å². The molecule has 2 aromatic rings. The highest BCUT2D eigenvalue weighted by molar-refractivity contribution is 7.95. The molecule has 21 heavy (non-hydrogen) atoms. The van der Waals surface area contributed by atoms with Gasteiger partial charge in [-0.15, -0.1) is 0 Å². The number of hydrogen-bond acceptors (Lipinski definition) is 3. The fourth-order valence-corrected chi connectivity index (χ4v) is 3.66. The van der Waals surface area contributed by atoms with Crippen molar-refractivity contribution in [3.8, 4) is 5.75 Å². The molecular formula is C15H10F2O3S. The number of halogens is 2. The monoisotopic (exact) mass is 308 g/mol. The predicted octanol–water partition coefficient (Wildman–Crippen LogP) is 3.17. The minimum absolute atomic E-state index is 0.0492. The maximum absolute atomic E-state index is 13.7. The van der Waals surface area contributed by atoms with Crippen LogP contribution in [0.15, 0.2) is 52.3 Å². The highest BCUT2D eigenvalue weighted by Gasteiger charge is 2.32. The van der Waals surface area contributed by atoms with E-state index < -0.39 is 21.5 Å². The molecule has 0 saturated heterocycles. The maximum Gasteiger partial charge on any atom is 0.209 e. The quantitative estimate of drug-likeness (QED) is 0.874. The molecule has 6 heteroatoms. The van der Waals surface area contributed by atoms with Gasteiger partial charge in [0.1, 0.15) is 28.9 Å². The van der Waals surface area contributed by atoms with Gasteiger partial charge in [0.15, 0.2) is 0 Å². The van der Waals surface area contributed by atoms with Gasteiger partial charge in [-0.25, -0.2) is 17.2 Å². The zero-order valence-electron chi connectivity index (χ0n) is 10.7. The Hall–Kier alpha value is -2.21. The van der Waals surface area contributed by atoms with Gasteiger partial charge in [0.25, 0.3) is 0 Å². The number of rotatable bonds is 3. The van der Waals surface area contributed by atoms with E-state index in [2.05, 4.69) is 0 Å². The minimum atomic E-state index is -3.89. The standard InChI is InChI=1S/C15H10F2O3S/c16-11-4-2-5-12(8-11)20-9-13-7-10-3-1-6-14(17)15(10)21(13,18)19/h1-8H,9H2. The van der Waals surface area contributed by atoms with E-state index in [0.717, 1.165) is 12.1 Å². The van der Waals surface area contributed by atoms with Crippen LogP contribution in [0, 0.1) is 11.6 Å². The van der Waals surface area contributed by atoms with Crippen molar-refractivity contribution in [2.24, 2.45) is 0 Å². The van der Waals surface area contributed by atoms with Gasteiger partial charge >= 0.3 is 0 Å². The normalized spacial score (nSPS) is 15.4. The lowest BCUT2D eigenvalue weighted by Gasteiger charge is -2.07. The summed E-state index contributed by atoms with van der Waals surface area (Å²) in [6.07, 6.45) is 1.37. The van der Waals surface area contributed by atoms with Crippen LogP contribution in [0.5, 0.6) is 5.75 Å². The third kappa shape index (κ3) is 2.42. The largest absolute Gasteiger partial charge is 0.488 e. The van der Waals surface area contributed by atoms with E-state index in [9.17, 15) is 17.2 Å². The molecule has 3 rings (SSSR count). The van der Waals surface area contributed by atoms with Gasteiger partial charge in [-0.1, -0.05) is 18.2 Å². The van der Waals surface area contributed by atoms with Crippen molar-refractivity contribution >= 4 is 15.9 Å². The maximum atomic E-state index is 13.7. The van der Waals surface area contributed by atoms with Gasteiger partial charge < -0.3 is 4.74 Å². The summed E-state index contributed by atoms with van der Waals surface area (Å²) in [6.45, 7) is -0.278. The van der Waals surface area contributed by atoms with Gasteiger partial charge in [0, 0.05) is 6.07 Å². The van der Waals surface area contributed by atoms with Crippen LogP contribution in [0.4, 0.5) is 8.78 Å². The first-order chi connectivity index (χ1) is 9.98. The first-order valence-electron chi connectivity index (χ1n) is 6.11. The molecule has 0 aromatic heterocycles. The Balaban J connectivity index is 1.87. The second-order valence-electron chi connectivity index (χ2n) is 4.52. The van der Waals surface area contributed by atoms with Crippen LogP contribution in [-0.2, 0) is 9.84 Å². The molecule has 1 aliphatic heterocycles. The lowest BCUT2D eigenvalue weighted by molar-refractivity contribution is 0.356. The number of sulfone groups is 1. The molecule has 0 spiro atoms. The Morgan fingerprint density at radius 3 is 2.52 bits per heavy atom. The van der Waals surface area contributed by atoms with Gasteiger partial charge in [0.05, 0.1) is 4.91 Å². The summed E-state index contributed by atoms with van der Waals surface area (Å²) in [5.74, 6) is -1.06. The van der Waals surface area contributed by atoms with E-state index >= 15 is 0 Å². The van der Waals surface area contributed by atoms with Crippen molar-refractivity contribution in [3.05, 3.63) is 64.6 Å². The molecule has 0 aliphatic carbocycles. The van der Waals surface area contributed by atoms with Crippen molar-refractivity contribution in [3.63, 3.8) is 0 Å². The molecule has 0 N–H and O–H groups in total. The Labute approximate surface area is 120 Å². The topological polar surface area (TPSA) is 43.4 Å². The van der Waals surface area contributed by atoms with Crippen molar-refractivity contribution in [2.75, 3.05) is 6.61 Å². The molecule has 0 amide bonds. The molecule has 1 aliphatic rings. The molecule has 0 atom stereocenters. The molecule has 3 nitrogen and oxygen atoms in total. The molecule has 0 saturated carbocycles. The van der Waals surface area contributed by atoms with E-state index in [1.165, 1.54) is 36.4 Å². The summed E-state index contributed by atoms with van der Waals surface area (Å²) in [7, 11) is -3.89. The number of hydrogen-bond donors (Lipinski definition) is 0. The summed E-state index contributed by atoms with van der Waals surface area (Å²) in [5, 5.41) is 0. The van der Waals surface area contributed by atoms with Crippen molar-refractivity contribution in [2.45, 2.75) is 4.90 Å². The van der Waals surface area contributed by atoms with Crippen molar-refractivity contribution in [1.29, 1.82) is 0 Å². The Morgan fingerprint density at radius 1 is 1.05 bits per heavy atom. The summed E-state index contributed by atoms with van der Waals surface area (Å²) < 4.78 is 56.4. The zero-order valence-corrected chi connectivity index (χ0v) is 11.5. The smallest absolute Gasteiger partial charge is 0.209 e. The molecule has 0 bridgehead atoms. The van der Waals surface area contributed by atoms with E-state index in [1.54, 1.807) is 0 Å². The van der Waals surface area contributed by atoms with Crippen LogP contribution in [0.25, 0.3) is 6.08 Å². The van der Waals surface area contributed by atoms with E-state index in [1.807, 2.05) is 0 Å². The highest BCUT2D eigenvalue weighted by atomic mass is 32.2. The third-order valence-corrected chi connectivity index (χ3v) is 5.00. The van der Waals surface area contributed by atoms with Crippen LogP contribution in [0.1, 0.15) is 5.56 Å². The molecule has 1 heterocycles. The molecule has 0 unspecified atom stereocenters. The molecule has 0 radical (unpaired) electrons. The second kappa shape index (κ2) is 4.96. The second-order valence-corrected chi connectivity index (χ2v) is 6.46. The minimum Gasteiger partial charge on any atom is -0.488 e. The number of fused-ring (bicyclic) bond motifs is 1. The number of benzene rings is 2. The van der Waals surface area contributed by atoms with Crippen molar-refractivity contribution < 1.29 is 21.9 Å². The lowest BCUT2D eigenvalue weighted by Crippen LogP contribution is -2.10. The fourth-order valence-electron chi connectivity index (χ4n) is 2.14. The average molecular weight is 308 g/mol. The predicted molar refractivity (Wildman–Crippen MR) is 73.5 cm³/mol. The fraction of sp³-hybridized carbons (Fsp3) is 0.0667. The van der Waals surface area contributed by atoms with Crippen LogP contribution < -0.4 is 4.74 Å². The summed E-state index contributed by atoms with van der Waals surface area (Å²) in [6, 6.07) is 9.43. The van der Waals surface area contributed by atoms with Crippen LogP contribution in [0.2, 0.25) is 0 Å². The molecule has 2 aromatic carbocycles. The van der Waals surface area contributed by atoms with Crippen LogP contribution in [0.3, 0.4) is 0 Å². The van der Waals surface area contributed by atoms with Crippen molar-refractivity contribution in [1.82, 2.24) is 0 Å². The van der Waals surface area contributed by atoms with E-state index in [-0.39, 0.29) is 22.2 Å². The van der Waals surface area contributed by atoms with Crippen LogP contribution >= 0.6 is 0 Å². The molecule has 0 fully saturated rings. The summed E-state index contributed by atoms with van der Waals surface area (Å²) >= 11 is 0. The van der Waals surface area contributed by atoms with Gasteiger partial charge in [0.2, 0.25) is 9.84 Å². The summed E-state index contributed by atoms with van der Waals surface area (Å²) in [4.78, 5) is -0.380. The Kier molecular flexibility index (Phi) is 3.25. The average Bonchev–Trinajstić information content (AvgIpc) is 2.69. The zero-order chi connectivity index (χ0) is 15.0. The highest BCUT2D eigenvalue weighted by Crippen LogP contribution is 2.34. The van der Waals surface area contributed by atoms with Gasteiger partial charge in [-0.3, -0.25) is 0 Å². The summed E-state index contributed by atoms with van der Waals surface area (Å²) in [5.41, 5.74) is 0.299. The van der Waals surface area contributed by atoms with Gasteiger partial charge in [-0.05, 0) is 29.8 Å². The molecular weight excluding hydrogens is 298 g/mol. The first kappa shape index (κ1) is 13.8. The van der Waals surface area contributed by atoms with E-state index in [4.69, 9.17) is 4.74 Å². The number of ether oxygens (including phenoxy) is 1.